The van der Waals surface area contributed by atoms with Gasteiger partial charge < -0.3 is 10.1 Å². The van der Waals surface area contributed by atoms with Gasteiger partial charge >= 0.3 is 0 Å². The molecule has 100 valence electrons. The molecule has 0 aromatic rings. The third-order valence-electron chi connectivity index (χ3n) is 4.14. The number of ether oxygens (including phenoxy) is 1. The van der Waals surface area contributed by atoms with E-state index in [0.717, 1.165) is 45.6 Å². The van der Waals surface area contributed by atoms with E-state index in [0.29, 0.717) is 17.4 Å². The molecule has 0 bridgehead atoms. The Morgan fingerprint density at radius 2 is 2.29 bits per heavy atom. The zero-order chi connectivity index (χ0) is 12.4. The van der Waals surface area contributed by atoms with E-state index in [-0.39, 0.29) is 5.41 Å². The molecule has 5 heteroatoms. The van der Waals surface area contributed by atoms with Crippen molar-refractivity contribution in [3.8, 4) is 0 Å². The summed E-state index contributed by atoms with van der Waals surface area (Å²) in [6.45, 7) is 5.56. The molecule has 0 aliphatic carbocycles. The van der Waals surface area contributed by atoms with Crippen molar-refractivity contribution in [2.24, 2.45) is 11.3 Å². The van der Waals surface area contributed by atoms with Crippen molar-refractivity contribution >= 4 is 9.84 Å². The van der Waals surface area contributed by atoms with Gasteiger partial charge in [0, 0.05) is 18.6 Å². The first-order valence-electron chi connectivity index (χ1n) is 6.57. The minimum Gasteiger partial charge on any atom is -0.381 e. The van der Waals surface area contributed by atoms with Gasteiger partial charge in [0.2, 0.25) is 0 Å². The van der Waals surface area contributed by atoms with Gasteiger partial charge in [0.05, 0.1) is 18.1 Å². The summed E-state index contributed by atoms with van der Waals surface area (Å²) in [4.78, 5) is 0. The molecular formula is C12H23NO3S. The lowest BCUT2D eigenvalue weighted by Crippen LogP contribution is -2.42. The van der Waals surface area contributed by atoms with Crippen molar-refractivity contribution in [3.05, 3.63) is 0 Å². The topological polar surface area (TPSA) is 55.4 Å². The molecule has 2 heterocycles. The molecular weight excluding hydrogens is 238 g/mol. The molecule has 2 fully saturated rings. The first-order valence-corrected chi connectivity index (χ1v) is 8.39. The van der Waals surface area contributed by atoms with Crippen LogP contribution in [0.15, 0.2) is 0 Å². The van der Waals surface area contributed by atoms with Crippen molar-refractivity contribution < 1.29 is 13.2 Å². The molecule has 0 radical (unpaired) electrons. The van der Waals surface area contributed by atoms with Gasteiger partial charge in [0.25, 0.3) is 0 Å². The molecule has 2 rings (SSSR count). The Balaban J connectivity index is 2.01. The summed E-state index contributed by atoms with van der Waals surface area (Å²) >= 11 is 0. The lowest BCUT2D eigenvalue weighted by atomic mass is 9.74. The van der Waals surface area contributed by atoms with Crippen LogP contribution in [0, 0.1) is 11.3 Å². The second kappa shape index (κ2) is 5.24. The monoisotopic (exact) mass is 261 g/mol. The number of sulfone groups is 1. The van der Waals surface area contributed by atoms with Gasteiger partial charge in [0.1, 0.15) is 0 Å². The maximum absolute atomic E-state index is 11.6. The van der Waals surface area contributed by atoms with Crippen LogP contribution in [-0.2, 0) is 14.6 Å². The maximum Gasteiger partial charge on any atom is 0.150 e. The Hall–Kier alpha value is -0.130. The number of rotatable bonds is 5. The van der Waals surface area contributed by atoms with Gasteiger partial charge in [0.15, 0.2) is 9.84 Å². The van der Waals surface area contributed by atoms with Crippen LogP contribution >= 0.6 is 0 Å². The molecule has 0 amide bonds. The van der Waals surface area contributed by atoms with Crippen LogP contribution in [0.1, 0.15) is 26.2 Å². The highest BCUT2D eigenvalue weighted by molar-refractivity contribution is 7.91. The SMILES string of the molecule is CCCNCC1(C2CCS(=O)(=O)C2)CCOC1. The summed E-state index contributed by atoms with van der Waals surface area (Å²) < 4.78 is 28.8. The summed E-state index contributed by atoms with van der Waals surface area (Å²) in [6, 6.07) is 0. The summed E-state index contributed by atoms with van der Waals surface area (Å²) in [5, 5.41) is 3.45. The molecule has 2 aliphatic rings. The Morgan fingerprint density at radius 3 is 2.82 bits per heavy atom. The average molecular weight is 261 g/mol. The molecule has 0 spiro atoms. The van der Waals surface area contributed by atoms with Crippen LogP contribution in [-0.4, -0.2) is 46.2 Å². The van der Waals surface area contributed by atoms with Crippen molar-refractivity contribution in [1.82, 2.24) is 5.32 Å². The fourth-order valence-electron chi connectivity index (χ4n) is 3.02. The highest BCUT2D eigenvalue weighted by atomic mass is 32.2. The van der Waals surface area contributed by atoms with Crippen molar-refractivity contribution in [1.29, 1.82) is 0 Å². The van der Waals surface area contributed by atoms with Gasteiger partial charge in [-0.2, -0.15) is 0 Å². The first-order chi connectivity index (χ1) is 8.08. The average Bonchev–Trinajstić information content (AvgIpc) is 2.86. The Bertz CT molecular complexity index is 347. The van der Waals surface area contributed by atoms with Gasteiger partial charge in [-0.3, -0.25) is 0 Å². The Morgan fingerprint density at radius 1 is 1.47 bits per heavy atom. The summed E-state index contributed by atoms with van der Waals surface area (Å²) in [7, 11) is -2.78. The second-order valence-corrected chi connectivity index (χ2v) is 7.67. The fourth-order valence-corrected chi connectivity index (χ4v) is 4.96. The molecule has 0 aromatic carbocycles. The number of hydrogen-bond donors (Lipinski definition) is 1. The van der Waals surface area contributed by atoms with Crippen LogP contribution in [0.4, 0.5) is 0 Å². The van der Waals surface area contributed by atoms with Crippen molar-refractivity contribution in [3.63, 3.8) is 0 Å². The van der Waals surface area contributed by atoms with E-state index in [2.05, 4.69) is 12.2 Å². The smallest absolute Gasteiger partial charge is 0.150 e. The molecule has 0 saturated carbocycles. The van der Waals surface area contributed by atoms with Gasteiger partial charge in [-0.15, -0.1) is 0 Å². The highest BCUT2D eigenvalue weighted by Crippen LogP contribution is 2.41. The van der Waals surface area contributed by atoms with E-state index < -0.39 is 9.84 Å². The van der Waals surface area contributed by atoms with E-state index in [9.17, 15) is 8.42 Å². The summed E-state index contributed by atoms with van der Waals surface area (Å²) in [5.41, 5.74) is 0.0682. The molecule has 2 unspecified atom stereocenters. The molecule has 17 heavy (non-hydrogen) atoms. The van der Waals surface area contributed by atoms with Gasteiger partial charge in [-0.1, -0.05) is 6.92 Å². The van der Waals surface area contributed by atoms with Crippen LogP contribution < -0.4 is 5.32 Å². The van der Waals surface area contributed by atoms with E-state index in [1.165, 1.54) is 0 Å². The maximum atomic E-state index is 11.6. The van der Waals surface area contributed by atoms with Gasteiger partial charge in [-0.05, 0) is 31.7 Å². The fraction of sp³-hybridized carbons (Fsp3) is 1.00. The summed E-state index contributed by atoms with van der Waals surface area (Å²) in [6.07, 6.45) is 2.93. The molecule has 4 nitrogen and oxygen atoms in total. The lowest BCUT2D eigenvalue weighted by Gasteiger charge is -2.33. The lowest BCUT2D eigenvalue weighted by molar-refractivity contribution is 0.113. The molecule has 1 N–H and O–H groups in total. The van der Waals surface area contributed by atoms with Crippen LogP contribution in [0.25, 0.3) is 0 Å². The largest absolute Gasteiger partial charge is 0.381 e. The highest BCUT2D eigenvalue weighted by Gasteiger charge is 2.46. The summed E-state index contributed by atoms with van der Waals surface area (Å²) in [5.74, 6) is 1.02. The zero-order valence-electron chi connectivity index (χ0n) is 10.6. The second-order valence-electron chi connectivity index (χ2n) is 5.44. The quantitative estimate of drug-likeness (QED) is 0.745. The van der Waals surface area contributed by atoms with Crippen molar-refractivity contribution in [2.45, 2.75) is 26.2 Å². The van der Waals surface area contributed by atoms with Crippen LogP contribution in [0.2, 0.25) is 0 Å². The third-order valence-corrected chi connectivity index (χ3v) is 5.90. The van der Waals surface area contributed by atoms with E-state index in [1.54, 1.807) is 0 Å². The molecule has 2 aliphatic heterocycles. The third kappa shape index (κ3) is 3.01. The van der Waals surface area contributed by atoms with Crippen molar-refractivity contribution in [2.75, 3.05) is 37.8 Å². The van der Waals surface area contributed by atoms with E-state index in [4.69, 9.17) is 4.74 Å². The van der Waals surface area contributed by atoms with Gasteiger partial charge in [-0.25, -0.2) is 8.42 Å². The normalized spacial score (nSPS) is 36.4. The minimum atomic E-state index is -2.78. The molecule has 2 saturated heterocycles. The van der Waals surface area contributed by atoms with Crippen LogP contribution in [0.5, 0.6) is 0 Å². The number of hydrogen-bond acceptors (Lipinski definition) is 4. The standard InChI is InChI=1S/C12H23NO3S/c1-2-5-13-9-12(4-6-16-10-12)11-3-7-17(14,15)8-11/h11,13H,2-10H2,1H3. The Labute approximate surface area is 104 Å². The van der Waals surface area contributed by atoms with E-state index in [1.807, 2.05) is 0 Å². The predicted octanol–water partition coefficient (Wildman–Crippen LogP) is 0.827. The Kier molecular flexibility index (Phi) is 4.10. The molecule has 0 aromatic heterocycles. The zero-order valence-corrected chi connectivity index (χ0v) is 11.4. The first kappa shape index (κ1) is 13.3. The van der Waals surface area contributed by atoms with E-state index >= 15 is 0 Å². The van der Waals surface area contributed by atoms with Crippen LogP contribution in [0.3, 0.4) is 0 Å². The minimum absolute atomic E-state index is 0.0682. The number of nitrogens with one attached hydrogen (secondary N) is 1. The predicted molar refractivity (Wildman–Crippen MR) is 67.8 cm³/mol. The molecule has 2 atom stereocenters.